The first-order chi connectivity index (χ1) is 9.59. The number of carbonyl (C=O) groups is 1. The monoisotopic (exact) mass is 275 g/mol. The van der Waals surface area contributed by atoms with E-state index in [0.717, 1.165) is 17.9 Å². The number of carbonyl (C=O) groups excluding carboxylic acids is 1. The summed E-state index contributed by atoms with van der Waals surface area (Å²) in [5.74, 6) is 2.33. The first-order valence-electron chi connectivity index (χ1n) is 7.24. The van der Waals surface area contributed by atoms with Crippen molar-refractivity contribution in [2.75, 3.05) is 20.3 Å². The second kappa shape index (κ2) is 5.00. The number of benzene rings is 1. The van der Waals surface area contributed by atoms with Crippen molar-refractivity contribution in [2.24, 2.45) is 5.92 Å². The molecule has 2 aliphatic rings. The lowest BCUT2D eigenvalue weighted by Crippen LogP contribution is -2.33. The highest BCUT2D eigenvalue weighted by Crippen LogP contribution is 2.50. The molecule has 2 atom stereocenters. The molecule has 4 nitrogen and oxygen atoms in total. The smallest absolute Gasteiger partial charge is 0.225 e. The van der Waals surface area contributed by atoms with Gasteiger partial charge in [0.25, 0.3) is 0 Å². The van der Waals surface area contributed by atoms with Crippen molar-refractivity contribution >= 4 is 5.91 Å². The van der Waals surface area contributed by atoms with E-state index in [-0.39, 0.29) is 11.8 Å². The number of nitrogens with zero attached hydrogens (tertiary/aromatic N) is 1. The number of rotatable bonds is 3. The van der Waals surface area contributed by atoms with E-state index in [0.29, 0.717) is 25.2 Å². The van der Waals surface area contributed by atoms with Crippen LogP contribution in [0, 0.1) is 5.92 Å². The minimum Gasteiger partial charge on any atom is -0.486 e. The number of likely N-dealkylation sites (N-methyl/N-ethyl adjacent to an activating group) is 1. The number of para-hydroxylation sites is 1. The van der Waals surface area contributed by atoms with Crippen molar-refractivity contribution < 1.29 is 14.3 Å². The molecule has 0 N–H and O–H groups in total. The summed E-state index contributed by atoms with van der Waals surface area (Å²) in [5, 5.41) is 0. The number of ether oxygens (including phenoxy) is 2. The quantitative estimate of drug-likeness (QED) is 0.850. The molecule has 1 aliphatic carbocycles. The third-order valence-electron chi connectivity index (χ3n) is 4.09. The summed E-state index contributed by atoms with van der Waals surface area (Å²) in [7, 11) is 1.90. The van der Waals surface area contributed by atoms with Gasteiger partial charge in [-0.3, -0.25) is 4.79 Å². The predicted molar refractivity (Wildman–Crippen MR) is 76.2 cm³/mol. The molecule has 1 saturated carbocycles. The van der Waals surface area contributed by atoms with E-state index in [1.165, 1.54) is 5.56 Å². The van der Waals surface area contributed by atoms with Gasteiger partial charge in [-0.2, -0.15) is 0 Å². The Balaban J connectivity index is 1.78. The van der Waals surface area contributed by atoms with Gasteiger partial charge in [0.15, 0.2) is 11.5 Å². The number of fused-ring (bicyclic) bond motifs is 1. The van der Waals surface area contributed by atoms with Gasteiger partial charge in [-0.25, -0.2) is 0 Å². The SMILES string of the molecule is CC(C)C(=O)N(C)C1CC1c1cccc2c1OCCO2. The van der Waals surface area contributed by atoms with Crippen LogP contribution in [-0.4, -0.2) is 37.1 Å². The molecule has 0 bridgehead atoms. The molecule has 1 aliphatic heterocycles. The van der Waals surface area contributed by atoms with Gasteiger partial charge in [0.1, 0.15) is 13.2 Å². The maximum absolute atomic E-state index is 12.1. The Bertz CT molecular complexity index is 526. The van der Waals surface area contributed by atoms with Gasteiger partial charge in [-0.15, -0.1) is 0 Å². The lowest BCUT2D eigenvalue weighted by molar-refractivity contribution is -0.133. The van der Waals surface area contributed by atoms with Crippen LogP contribution in [0.5, 0.6) is 11.5 Å². The second-order valence-electron chi connectivity index (χ2n) is 5.88. The molecular formula is C16H21NO3. The first-order valence-corrected chi connectivity index (χ1v) is 7.24. The highest BCUT2D eigenvalue weighted by molar-refractivity contribution is 5.78. The Morgan fingerprint density at radius 2 is 2.05 bits per heavy atom. The average Bonchev–Trinajstić information content (AvgIpc) is 3.25. The third kappa shape index (κ3) is 2.23. The molecule has 1 fully saturated rings. The molecule has 1 aromatic rings. The predicted octanol–water partition coefficient (Wildman–Crippen LogP) is 2.43. The first kappa shape index (κ1) is 13.3. The van der Waals surface area contributed by atoms with Gasteiger partial charge in [0.05, 0.1) is 0 Å². The Hall–Kier alpha value is -1.71. The van der Waals surface area contributed by atoms with E-state index in [4.69, 9.17) is 9.47 Å². The summed E-state index contributed by atoms with van der Waals surface area (Å²) in [4.78, 5) is 13.9. The summed E-state index contributed by atoms with van der Waals surface area (Å²) in [6.45, 7) is 5.09. The largest absolute Gasteiger partial charge is 0.486 e. The van der Waals surface area contributed by atoms with Crippen LogP contribution in [0.3, 0.4) is 0 Å². The maximum Gasteiger partial charge on any atom is 0.225 e. The van der Waals surface area contributed by atoms with Gasteiger partial charge in [-0.05, 0) is 12.5 Å². The summed E-state index contributed by atoms with van der Waals surface area (Å²) in [5.41, 5.74) is 1.18. The van der Waals surface area contributed by atoms with Crippen LogP contribution in [0.1, 0.15) is 31.7 Å². The molecule has 1 aromatic carbocycles. The van der Waals surface area contributed by atoms with E-state index in [1.807, 2.05) is 37.9 Å². The van der Waals surface area contributed by atoms with Crippen LogP contribution in [0.15, 0.2) is 18.2 Å². The van der Waals surface area contributed by atoms with Crippen molar-refractivity contribution in [2.45, 2.75) is 32.2 Å². The fourth-order valence-corrected chi connectivity index (χ4v) is 2.90. The van der Waals surface area contributed by atoms with Crippen molar-refractivity contribution in [3.8, 4) is 11.5 Å². The van der Waals surface area contributed by atoms with E-state index in [2.05, 4.69) is 6.07 Å². The van der Waals surface area contributed by atoms with Gasteiger partial charge < -0.3 is 14.4 Å². The lowest BCUT2D eigenvalue weighted by atomic mass is 10.1. The zero-order chi connectivity index (χ0) is 14.3. The van der Waals surface area contributed by atoms with Crippen molar-refractivity contribution in [3.05, 3.63) is 23.8 Å². The van der Waals surface area contributed by atoms with Crippen LogP contribution in [0.25, 0.3) is 0 Å². The molecule has 4 heteroatoms. The molecule has 108 valence electrons. The van der Waals surface area contributed by atoms with Gasteiger partial charge in [-0.1, -0.05) is 26.0 Å². The number of hydrogen-bond acceptors (Lipinski definition) is 3. The van der Waals surface area contributed by atoms with Gasteiger partial charge >= 0.3 is 0 Å². The van der Waals surface area contributed by atoms with Gasteiger partial charge in [0, 0.05) is 30.5 Å². The molecular weight excluding hydrogens is 254 g/mol. The lowest BCUT2D eigenvalue weighted by Gasteiger charge is -2.23. The Labute approximate surface area is 119 Å². The van der Waals surface area contributed by atoms with Crippen LogP contribution in [-0.2, 0) is 4.79 Å². The topological polar surface area (TPSA) is 38.8 Å². The zero-order valence-corrected chi connectivity index (χ0v) is 12.3. The number of hydrogen-bond donors (Lipinski definition) is 0. The summed E-state index contributed by atoms with van der Waals surface area (Å²) in [6.07, 6.45) is 1.01. The van der Waals surface area contributed by atoms with E-state index in [9.17, 15) is 4.79 Å². The second-order valence-corrected chi connectivity index (χ2v) is 5.88. The average molecular weight is 275 g/mol. The summed E-state index contributed by atoms with van der Waals surface area (Å²) < 4.78 is 11.4. The van der Waals surface area contributed by atoms with Crippen molar-refractivity contribution in [1.29, 1.82) is 0 Å². The Morgan fingerprint density at radius 3 is 2.80 bits per heavy atom. The van der Waals surface area contributed by atoms with Crippen molar-refractivity contribution in [3.63, 3.8) is 0 Å². The van der Waals surface area contributed by atoms with E-state index < -0.39 is 0 Å². The summed E-state index contributed by atoms with van der Waals surface area (Å²) >= 11 is 0. The fraction of sp³-hybridized carbons (Fsp3) is 0.562. The van der Waals surface area contributed by atoms with E-state index >= 15 is 0 Å². The normalized spacial score (nSPS) is 23.6. The molecule has 1 amide bonds. The molecule has 2 unspecified atom stereocenters. The van der Waals surface area contributed by atoms with Crippen LogP contribution in [0.4, 0.5) is 0 Å². The zero-order valence-electron chi connectivity index (χ0n) is 12.3. The highest BCUT2D eigenvalue weighted by atomic mass is 16.6. The summed E-state index contributed by atoms with van der Waals surface area (Å²) in [6, 6.07) is 6.33. The molecule has 0 radical (unpaired) electrons. The Morgan fingerprint density at radius 1 is 1.30 bits per heavy atom. The van der Waals surface area contributed by atoms with Crippen LogP contribution >= 0.6 is 0 Å². The molecule has 0 saturated heterocycles. The molecule has 0 spiro atoms. The van der Waals surface area contributed by atoms with Crippen LogP contribution in [0.2, 0.25) is 0 Å². The fourth-order valence-electron chi connectivity index (χ4n) is 2.90. The standard InChI is InChI=1S/C16H21NO3/c1-10(2)16(18)17(3)13-9-12(13)11-5-4-6-14-15(11)20-8-7-19-14/h4-6,10,12-13H,7-9H2,1-3H3. The van der Waals surface area contributed by atoms with Gasteiger partial charge in [0.2, 0.25) is 5.91 Å². The Kier molecular flexibility index (Phi) is 3.32. The molecule has 1 heterocycles. The highest BCUT2D eigenvalue weighted by Gasteiger charge is 2.45. The minimum absolute atomic E-state index is 0.0468. The third-order valence-corrected chi connectivity index (χ3v) is 4.09. The maximum atomic E-state index is 12.1. The van der Waals surface area contributed by atoms with Crippen LogP contribution < -0.4 is 9.47 Å². The minimum atomic E-state index is 0.0468. The molecule has 0 aromatic heterocycles. The number of amides is 1. The van der Waals surface area contributed by atoms with Crippen molar-refractivity contribution in [1.82, 2.24) is 4.90 Å². The molecule has 20 heavy (non-hydrogen) atoms. The van der Waals surface area contributed by atoms with E-state index in [1.54, 1.807) is 0 Å². The molecule has 3 rings (SSSR count).